The van der Waals surface area contributed by atoms with E-state index in [0.29, 0.717) is 16.1 Å². The zero-order valence-corrected chi connectivity index (χ0v) is 12.6. The number of benzene rings is 1. The van der Waals surface area contributed by atoms with Gasteiger partial charge in [0.1, 0.15) is 6.54 Å². The molecule has 5 nitrogen and oxygen atoms in total. The van der Waals surface area contributed by atoms with E-state index in [1.54, 1.807) is 26.8 Å². The monoisotopic (exact) mass is 305 g/mol. The Bertz CT molecular complexity index is 584. The highest BCUT2D eigenvalue weighted by Gasteiger charge is 2.19. The molecular formula is C12H16ClNO4S. The molecule has 0 radical (unpaired) electrons. The van der Waals surface area contributed by atoms with Gasteiger partial charge in [-0.15, -0.1) is 0 Å². The van der Waals surface area contributed by atoms with Gasteiger partial charge in [0.05, 0.1) is 11.5 Å². The molecule has 0 fully saturated rings. The Morgan fingerprint density at radius 2 is 1.95 bits per heavy atom. The first-order chi connectivity index (χ1) is 8.77. The number of carbonyl (C=O) groups excluding carboxylic acids is 1. The number of halogens is 1. The van der Waals surface area contributed by atoms with Crippen LogP contribution in [0.15, 0.2) is 17.0 Å². The van der Waals surface area contributed by atoms with Crippen LogP contribution in [0, 0.1) is 13.8 Å². The Labute approximate surface area is 118 Å². The summed E-state index contributed by atoms with van der Waals surface area (Å²) in [5.41, 5.74) is 1.18. The van der Waals surface area contributed by atoms with E-state index in [0.717, 1.165) is 0 Å². The van der Waals surface area contributed by atoms with Crippen LogP contribution in [-0.2, 0) is 19.6 Å². The average Bonchev–Trinajstić information content (AvgIpc) is 2.31. The van der Waals surface area contributed by atoms with Crippen LogP contribution in [0.4, 0.5) is 0 Å². The van der Waals surface area contributed by atoms with Gasteiger partial charge in [-0.2, -0.15) is 4.72 Å². The molecule has 0 atom stereocenters. The highest BCUT2D eigenvalue weighted by atomic mass is 35.5. The van der Waals surface area contributed by atoms with Crippen LogP contribution in [0.2, 0.25) is 5.02 Å². The molecule has 0 bridgehead atoms. The lowest BCUT2D eigenvalue weighted by Gasteiger charge is -2.10. The number of hydrogen-bond donors (Lipinski definition) is 1. The minimum absolute atomic E-state index is 0.110. The zero-order chi connectivity index (χ0) is 14.6. The second kappa shape index (κ2) is 6.36. The highest BCUT2D eigenvalue weighted by Crippen LogP contribution is 2.23. The lowest BCUT2D eigenvalue weighted by molar-refractivity contribution is -0.141. The summed E-state index contributed by atoms with van der Waals surface area (Å²) in [5.74, 6) is -0.616. The van der Waals surface area contributed by atoms with Crippen LogP contribution >= 0.6 is 11.6 Å². The third-order valence-electron chi connectivity index (χ3n) is 2.46. The van der Waals surface area contributed by atoms with Crippen molar-refractivity contribution in [1.29, 1.82) is 0 Å². The van der Waals surface area contributed by atoms with Crippen LogP contribution in [0.5, 0.6) is 0 Å². The molecular weight excluding hydrogens is 290 g/mol. The smallest absolute Gasteiger partial charge is 0.321 e. The molecule has 0 aliphatic heterocycles. The molecule has 0 saturated heterocycles. The molecule has 0 aliphatic rings. The first-order valence-electron chi connectivity index (χ1n) is 5.70. The number of aryl methyl sites for hydroxylation is 2. The topological polar surface area (TPSA) is 72.5 Å². The summed E-state index contributed by atoms with van der Waals surface area (Å²) < 4.78 is 31.0. The van der Waals surface area contributed by atoms with E-state index in [2.05, 4.69) is 9.46 Å². The van der Waals surface area contributed by atoms with Gasteiger partial charge in [-0.1, -0.05) is 11.6 Å². The van der Waals surface area contributed by atoms with Crippen LogP contribution in [0.25, 0.3) is 0 Å². The van der Waals surface area contributed by atoms with Crippen molar-refractivity contribution >= 4 is 27.6 Å². The molecule has 1 aromatic carbocycles. The Balaban J connectivity index is 2.95. The van der Waals surface area contributed by atoms with Crippen molar-refractivity contribution in [1.82, 2.24) is 4.72 Å². The Kier molecular flexibility index (Phi) is 5.34. The maximum Gasteiger partial charge on any atom is 0.321 e. The number of hydrogen-bond acceptors (Lipinski definition) is 4. The molecule has 0 saturated carbocycles. The van der Waals surface area contributed by atoms with E-state index in [1.807, 2.05) is 0 Å². The molecule has 1 N–H and O–H groups in total. The van der Waals surface area contributed by atoms with E-state index < -0.39 is 22.5 Å². The summed E-state index contributed by atoms with van der Waals surface area (Å²) in [6.07, 6.45) is 0. The minimum Gasteiger partial charge on any atom is -0.465 e. The first-order valence-corrected chi connectivity index (χ1v) is 7.56. The number of sulfonamides is 1. The molecule has 0 spiro atoms. The van der Waals surface area contributed by atoms with Crippen LogP contribution in [0.1, 0.15) is 18.1 Å². The maximum atomic E-state index is 12.1. The normalized spacial score (nSPS) is 11.4. The van der Waals surface area contributed by atoms with Crippen molar-refractivity contribution in [2.75, 3.05) is 13.2 Å². The van der Waals surface area contributed by atoms with Gasteiger partial charge in [0.25, 0.3) is 0 Å². The van der Waals surface area contributed by atoms with E-state index in [-0.39, 0.29) is 11.5 Å². The Morgan fingerprint density at radius 3 is 2.53 bits per heavy atom. The summed E-state index contributed by atoms with van der Waals surface area (Å²) in [4.78, 5) is 11.3. The Hall–Kier alpha value is -1.11. The fourth-order valence-electron chi connectivity index (χ4n) is 1.49. The van der Waals surface area contributed by atoms with Crippen molar-refractivity contribution < 1.29 is 17.9 Å². The lowest BCUT2D eigenvalue weighted by atomic mass is 10.2. The predicted octanol–water partition coefficient (Wildman–Crippen LogP) is 1.80. The van der Waals surface area contributed by atoms with Crippen molar-refractivity contribution in [3.8, 4) is 0 Å². The summed E-state index contributed by atoms with van der Waals surface area (Å²) >= 11 is 5.92. The van der Waals surface area contributed by atoms with E-state index in [1.165, 1.54) is 6.07 Å². The second-order valence-corrected chi connectivity index (χ2v) is 6.14. The fourth-order valence-corrected chi connectivity index (χ4v) is 2.98. The molecule has 0 aliphatic carbocycles. The number of rotatable bonds is 5. The summed E-state index contributed by atoms with van der Waals surface area (Å²) in [6.45, 7) is 4.83. The molecule has 0 heterocycles. The van der Waals surface area contributed by atoms with Crippen molar-refractivity contribution in [3.05, 3.63) is 28.3 Å². The molecule has 7 heteroatoms. The Morgan fingerprint density at radius 1 is 1.32 bits per heavy atom. The largest absolute Gasteiger partial charge is 0.465 e. The van der Waals surface area contributed by atoms with Gasteiger partial charge >= 0.3 is 5.97 Å². The van der Waals surface area contributed by atoms with Gasteiger partial charge in [0, 0.05) is 5.02 Å². The third-order valence-corrected chi connectivity index (χ3v) is 4.41. The van der Waals surface area contributed by atoms with E-state index in [4.69, 9.17) is 11.6 Å². The number of ether oxygens (including phenoxy) is 1. The third kappa shape index (κ3) is 4.19. The molecule has 1 aromatic rings. The summed E-state index contributed by atoms with van der Waals surface area (Å²) in [6, 6.07) is 3.06. The van der Waals surface area contributed by atoms with Crippen molar-refractivity contribution in [2.24, 2.45) is 0 Å². The molecule has 106 valence electrons. The van der Waals surface area contributed by atoms with Crippen molar-refractivity contribution in [3.63, 3.8) is 0 Å². The second-order valence-electron chi connectivity index (χ2n) is 4.00. The quantitative estimate of drug-likeness (QED) is 0.842. The number of esters is 1. The average molecular weight is 306 g/mol. The fraction of sp³-hybridized carbons (Fsp3) is 0.417. The SMILES string of the molecule is CCOC(=O)CNS(=O)(=O)c1cc(C)c(Cl)cc1C. The van der Waals surface area contributed by atoms with Crippen LogP contribution in [-0.4, -0.2) is 27.5 Å². The maximum absolute atomic E-state index is 12.1. The van der Waals surface area contributed by atoms with Gasteiger partial charge in [0.2, 0.25) is 10.0 Å². The standard InChI is InChI=1S/C12H16ClNO4S/c1-4-18-12(15)7-14-19(16,17)11-6-8(2)10(13)5-9(11)3/h5-6,14H,4,7H2,1-3H3. The van der Waals surface area contributed by atoms with Gasteiger partial charge in [-0.25, -0.2) is 8.42 Å². The van der Waals surface area contributed by atoms with Gasteiger partial charge < -0.3 is 4.74 Å². The highest BCUT2D eigenvalue weighted by molar-refractivity contribution is 7.89. The number of nitrogens with one attached hydrogen (secondary N) is 1. The van der Waals surface area contributed by atoms with Crippen LogP contribution < -0.4 is 4.72 Å². The zero-order valence-electron chi connectivity index (χ0n) is 11.0. The summed E-state index contributed by atoms with van der Waals surface area (Å²) in [7, 11) is -3.75. The van der Waals surface area contributed by atoms with Crippen molar-refractivity contribution in [2.45, 2.75) is 25.7 Å². The molecule has 0 amide bonds. The lowest BCUT2D eigenvalue weighted by Crippen LogP contribution is -2.31. The first kappa shape index (κ1) is 15.9. The summed E-state index contributed by atoms with van der Waals surface area (Å²) in [5, 5.41) is 0.502. The minimum atomic E-state index is -3.75. The molecule has 0 unspecified atom stereocenters. The molecule has 19 heavy (non-hydrogen) atoms. The van der Waals surface area contributed by atoms with Gasteiger partial charge in [0.15, 0.2) is 0 Å². The molecule has 1 rings (SSSR count). The van der Waals surface area contributed by atoms with E-state index in [9.17, 15) is 13.2 Å². The number of carbonyl (C=O) groups is 1. The molecule has 0 aromatic heterocycles. The van der Waals surface area contributed by atoms with Gasteiger partial charge in [-0.05, 0) is 44.0 Å². The van der Waals surface area contributed by atoms with Crippen LogP contribution in [0.3, 0.4) is 0 Å². The van der Waals surface area contributed by atoms with Gasteiger partial charge in [-0.3, -0.25) is 4.79 Å². The predicted molar refractivity (Wildman–Crippen MR) is 72.7 cm³/mol. The van der Waals surface area contributed by atoms with E-state index >= 15 is 0 Å².